The number of carboxylic acid groups (broad SMARTS) is 1. The molecule has 6 heteroatoms. The van der Waals surface area contributed by atoms with E-state index in [4.69, 9.17) is 0 Å². The fraction of sp³-hybridized carbons (Fsp3) is 0.160. The van der Waals surface area contributed by atoms with E-state index >= 15 is 0 Å². The van der Waals surface area contributed by atoms with Crippen LogP contribution in [0.4, 0.5) is 10.1 Å². The monoisotopic (exact) mass is 416 g/mol. The first-order valence-electron chi connectivity index (χ1n) is 10.2. The number of aromatic amines is 1. The van der Waals surface area contributed by atoms with Crippen LogP contribution in [0.3, 0.4) is 0 Å². The van der Waals surface area contributed by atoms with Crippen LogP contribution >= 0.6 is 0 Å². The highest BCUT2D eigenvalue weighted by molar-refractivity contribution is 5.93. The number of aromatic hydroxyl groups is 1. The van der Waals surface area contributed by atoms with Crippen molar-refractivity contribution in [1.29, 1.82) is 0 Å². The molecule has 3 N–H and O–H groups in total. The molecule has 0 spiro atoms. The fourth-order valence-electron chi connectivity index (χ4n) is 4.50. The molecule has 0 saturated carbocycles. The summed E-state index contributed by atoms with van der Waals surface area (Å²) in [5.41, 5.74) is 5.19. The molecule has 5 rings (SSSR count). The van der Waals surface area contributed by atoms with Crippen LogP contribution in [0.25, 0.3) is 10.9 Å². The van der Waals surface area contributed by atoms with E-state index in [0.29, 0.717) is 6.42 Å². The van der Waals surface area contributed by atoms with E-state index in [-0.39, 0.29) is 23.3 Å². The van der Waals surface area contributed by atoms with E-state index in [2.05, 4.69) is 9.88 Å². The van der Waals surface area contributed by atoms with Crippen LogP contribution in [-0.2, 0) is 12.8 Å². The van der Waals surface area contributed by atoms with Crippen LogP contribution in [-0.4, -0.2) is 27.7 Å². The number of aromatic carboxylic acids is 1. The molecule has 3 aromatic carbocycles. The molecule has 1 aliphatic heterocycles. The Hall–Kier alpha value is -3.80. The second-order valence-corrected chi connectivity index (χ2v) is 7.93. The zero-order valence-corrected chi connectivity index (χ0v) is 16.7. The number of aromatic nitrogens is 1. The molecular weight excluding hydrogens is 395 g/mol. The zero-order valence-electron chi connectivity index (χ0n) is 16.7. The van der Waals surface area contributed by atoms with Gasteiger partial charge >= 0.3 is 5.97 Å². The lowest BCUT2D eigenvalue weighted by Crippen LogP contribution is -2.36. The second-order valence-electron chi connectivity index (χ2n) is 7.93. The third-order valence-corrected chi connectivity index (χ3v) is 5.99. The summed E-state index contributed by atoms with van der Waals surface area (Å²) < 4.78 is 13.5. The maximum atomic E-state index is 13.5. The van der Waals surface area contributed by atoms with Gasteiger partial charge in [0.15, 0.2) is 0 Å². The van der Waals surface area contributed by atoms with Crippen molar-refractivity contribution in [3.05, 3.63) is 94.9 Å². The van der Waals surface area contributed by atoms with Gasteiger partial charge in [0.2, 0.25) is 0 Å². The van der Waals surface area contributed by atoms with Crippen LogP contribution < -0.4 is 4.90 Å². The van der Waals surface area contributed by atoms with Gasteiger partial charge in [-0.3, -0.25) is 0 Å². The number of phenolic OH excluding ortho intramolecular Hbond substituents is 1. The van der Waals surface area contributed by atoms with Crippen LogP contribution in [0.2, 0.25) is 0 Å². The lowest BCUT2D eigenvalue weighted by molar-refractivity contribution is 0.0691. The van der Waals surface area contributed by atoms with Crippen LogP contribution in [0.5, 0.6) is 5.75 Å². The lowest BCUT2D eigenvalue weighted by atomic mass is 9.88. The third kappa shape index (κ3) is 3.61. The summed E-state index contributed by atoms with van der Waals surface area (Å²) in [4.78, 5) is 16.5. The maximum Gasteiger partial charge on any atom is 0.352 e. The Kier molecular flexibility index (Phi) is 4.62. The molecule has 1 atom stereocenters. The van der Waals surface area contributed by atoms with Gasteiger partial charge in [-0.05, 0) is 78.1 Å². The Balaban J connectivity index is 1.55. The van der Waals surface area contributed by atoms with Crippen molar-refractivity contribution in [2.75, 3.05) is 11.4 Å². The second kappa shape index (κ2) is 7.47. The number of carbonyl (C=O) groups is 1. The fourth-order valence-corrected chi connectivity index (χ4v) is 4.50. The molecule has 0 radical (unpaired) electrons. The van der Waals surface area contributed by atoms with Gasteiger partial charge in [0, 0.05) is 23.1 Å². The van der Waals surface area contributed by atoms with Crippen molar-refractivity contribution in [2.24, 2.45) is 0 Å². The highest BCUT2D eigenvalue weighted by Gasteiger charge is 2.28. The molecule has 31 heavy (non-hydrogen) atoms. The highest BCUT2D eigenvalue weighted by Crippen LogP contribution is 2.37. The number of nitrogens with one attached hydrogen (secondary N) is 1. The molecule has 0 bridgehead atoms. The summed E-state index contributed by atoms with van der Waals surface area (Å²) in [7, 11) is 0. The normalized spacial score (nSPS) is 15.8. The molecule has 0 saturated heterocycles. The Bertz CT molecular complexity index is 1280. The van der Waals surface area contributed by atoms with E-state index in [9.17, 15) is 19.4 Å². The number of hydrogen-bond acceptors (Lipinski definition) is 3. The topological polar surface area (TPSA) is 76.6 Å². The average molecular weight is 416 g/mol. The van der Waals surface area contributed by atoms with Crippen molar-refractivity contribution in [3.63, 3.8) is 0 Å². The van der Waals surface area contributed by atoms with E-state index < -0.39 is 5.97 Å². The van der Waals surface area contributed by atoms with E-state index in [0.717, 1.165) is 46.2 Å². The molecule has 1 unspecified atom stereocenters. The summed E-state index contributed by atoms with van der Waals surface area (Å²) in [5.74, 6) is -1.00. The lowest BCUT2D eigenvalue weighted by Gasteiger charge is -2.39. The zero-order chi connectivity index (χ0) is 21.5. The number of nitrogens with zero attached hydrogens (tertiary/aromatic N) is 1. The summed E-state index contributed by atoms with van der Waals surface area (Å²) in [6.45, 7) is 0.751. The summed E-state index contributed by atoms with van der Waals surface area (Å²) in [6.07, 6.45) is 1.47. The van der Waals surface area contributed by atoms with Crippen LogP contribution in [0.1, 0.15) is 33.2 Å². The highest BCUT2D eigenvalue weighted by atomic mass is 19.1. The first kappa shape index (κ1) is 19.2. The quantitative estimate of drug-likeness (QED) is 0.435. The number of fused-ring (bicyclic) bond motifs is 2. The van der Waals surface area contributed by atoms with Gasteiger partial charge in [-0.2, -0.15) is 0 Å². The van der Waals surface area contributed by atoms with E-state index in [1.165, 1.54) is 12.1 Å². The van der Waals surface area contributed by atoms with Gasteiger partial charge in [0.1, 0.15) is 17.3 Å². The molecule has 0 amide bonds. The number of halogens is 1. The summed E-state index contributed by atoms with van der Waals surface area (Å²) in [6, 6.07) is 19.6. The van der Waals surface area contributed by atoms with Gasteiger partial charge in [-0.15, -0.1) is 0 Å². The van der Waals surface area contributed by atoms with Crippen molar-refractivity contribution in [3.8, 4) is 5.75 Å². The van der Waals surface area contributed by atoms with Crippen molar-refractivity contribution in [1.82, 2.24) is 4.98 Å². The van der Waals surface area contributed by atoms with Gasteiger partial charge in [0.05, 0.1) is 6.04 Å². The number of rotatable bonds is 4. The van der Waals surface area contributed by atoms with Crippen LogP contribution in [0, 0.1) is 5.82 Å². The Morgan fingerprint density at radius 2 is 1.87 bits per heavy atom. The number of benzene rings is 3. The molecule has 156 valence electrons. The SMILES string of the molecule is O=C(O)c1cc2ccc(CC3c4ccc(O)cc4CCN3c3ccc(F)cc3)cc2[nH]1. The predicted molar refractivity (Wildman–Crippen MR) is 117 cm³/mol. The Morgan fingerprint density at radius 1 is 1.06 bits per heavy atom. The standard InChI is InChI=1S/C25H21FN2O3/c26-18-3-5-19(6-4-18)28-10-9-16-13-20(29)7-8-21(16)24(28)12-15-1-2-17-14-23(25(30)31)27-22(17)11-15/h1-8,11,13-14,24,27,29H,9-10,12H2,(H,30,31). The molecule has 1 aliphatic rings. The predicted octanol–water partition coefficient (Wildman–Crippen LogP) is 5.06. The van der Waals surface area contributed by atoms with Crippen molar-refractivity contribution >= 4 is 22.6 Å². The largest absolute Gasteiger partial charge is 0.508 e. The van der Waals surface area contributed by atoms with Crippen molar-refractivity contribution in [2.45, 2.75) is 18.9 Å². The van der Waals surface area contributed by atoms with Gasteiger partial charge in [-0.25, -0.2) is 9.18 Å². The van der Waals surface area contributed by atoms with Crippen molar-refractivity contribution < 1.29 is 19.4 Å². The number of phenols is 1. The van der Waals surface area contributed by atoms with Gasteiger partial charge < -0.3 is 20.1 Å². The maximum absolute atomic E-state index is 13.5. The number of carboxylic acids is 1. The molecule has 0 aliphatic carbocycles. The third-order valence-electron chi connectivity index (χ3n) is 5.99. The first-order valence-corrected chi connectivity index (χ1v) is 10.2. The Morgan fingerprint density at radius 3 is 2.65 bits per heavy atom. The summed E-state index contributed by atoms with van der Waals surface area (Å²) >= 11 is 0. The Labute approximate surface area is 178 Å². The van der Waals surface area contributed by atoms with Crippen LogP contribution in [0.15, 0.2) is 66.7 Å². The number of hydrogen-bond donors (Lipinski definition) is 3. The van der Waals surface area contributed by atoms with E-state index in [1.54, 1.807) is 24.3 Å². The minimum Gasteiger partial charge on any atom is -0.508 e. The molecule has 5 nitrogen and oxygen atoms in total. The van der Waals surface area contributed by atoms with Gasteiger partial charge in [0.25, 0.3) is 0 Å². The molecule has 2 heterocycles. The number of H-pyrrole nitrogens is 1. The average Bonchev–Trinajstić information content (AvgIpc) is 3.18. The molecule has 0 fully saturated rings. The molecule has 1 aromatic heterocycles. The molecule has 4 aromatic rings. The number of anilines is 1. The smallest absolute Gasteiger partial charge is 0.352 e. The van der Waals surface area contributed by atoms with Gasteiger partial charge in [-0.1, -0.05) is 18.2 Å². The summed E-state index contributed by atoms with van der Waals surface area (Å²) in [5, 5.41) is 20.0. The minimum absolute atomic E-state index is 0.00108. The molecular formula is C25H21FN2O3. The minimum atomic E-state index is -0.985. The van der Waals surface area contributed by atoms with E-state index in [1.807, 2.05) is 30.3 Å². The first-order chi connectivity index (χ1) is 15.0.